The van der Waals surface area contributed by atoms with Gasteiger partial charge < -0.3 is 10.5 Å². The van der Waals surface area contributed by atoms with Crippen molar-refractivity contribution in [2.24, 2.45) is 5.73 Å². The Bertz CT molecular complexity index is 1210. The summed E-state index contributed by atoms with van der Waals surface area (Å²) in [6.07, 6.45) is 0. The maximum atomic E-state index is 12.6. The molecule has 1 heterocycles. The van der Waals surface area contributed by atoms with Crippen molar-refractivity contribution in [2.75, 3.05) is 0 Å². The first-order valence-electron chi connectivity index (χ1n) is 10.4. The number of hydrogen-bond acceptors (Lipinski definition) is 4. The first kappa shape index (κ1) is 23.5. The van der Waals surface area contributed by atoms with Gasteiger partial charge in [0.25, 0.3) is 0 Å². The molecule has 0 aliphatic carbocycles. The highest BCUT2D eigenvalue weighted by atomic mass is 35.5. The molecule has 0 aliphatic heterocycles. The highest BCUT2D eigenvalue weighted by Gasteiger charge is 2.17. The molecule has 0 fully saturated rings. The number of halogens is 1. The molecule has 166 valence electrons. The first-order valence-corrected chi connectivity index (χ1v) is 10.4. The summed E-state index contributed by atoms with van der Waals surface area (Å²) < 4.78 is 7.59. The van der Waals surface area contributed by atoms with Crippen LogP contribution in [0.25, 0.3) is 22.4 Å². The number of nitrogens with zero attached hydrogens (tertiary/aromatic N) is 2. The zero-order chi connectivity index (χ0) is 22.0. The van der Waals surface area contributed by atoms with Gasteiger partial charge in [-0.15, -0.1) is 12.4 Å². The van der Waals surface area contributed by atoms with E-state index in [4.69, 9.17) is 15.5 Å². The fourth-order valence-electron chi connectivity index (χ4n) is 3.53. The molecule has 0 unspecified atom stereocenters. The number of carbonyl (C=O) groups is 1. The van der Waals surface area contributed by atoms with Crippen molar-refractivity contribution in [2.45, 2.75) is 39.5 Å². The third-order valence-corrected chi connectivity index (χ3v) is 5.41. The van der Waals surface area contributed by atoms with Crippen LogP contribution in [-0.4, -0.2) is 15.5 Å². The monoisotopic (exact) mass is 449 g/mol. The lowest BCUT2D eigenvalue weighted by atomic mass is 9.87. The minimum absolute atomic E-state index is 0. The Labute approximate surface area is 194 Å². The van der Waals surface area contributed by atoms with Gasteiger partial charge in [-0.3, -0.25) is 4.57 Å². The quantitative estimate of drug-likeness (QED) is 0.397. The van der Waals surface area contributed by atoms with Crippen LogP contribution < -0.4 is 5.73 Å². The van der Waals surface area contributed by atoms with E-state index in [9.17, 15) is 4.79 Å². The molecular formula is C26H28ClN3O2. The number of ether oxygens (including phenoxy) is 1. The number of esters is 1. The molecule has 0 saturated carbocycles. The van der Waals surface area contributed by atoms with Gasteiger partial charge in [0.1, 0.15) is 5.82 Å². The molecule has 5 nitrogen and oxygen atoms in total. The zero-order valence-corrected chi connectivity index (χ0v) is 19.4. The van der Waals surface area contributed by atoms with E-state index in [-0.39, 0.29) is 30.5 Å². The summed E-state index contributed by atoms with van der Waals surface area (Å²) in [5.74, 6) is 0.392. The zero-order valence-electron chi connectivity index (χ0n) is 18.5. The van der Waals surface area contributed by atoms with Gasteiger partial charge in [0.15, 0.2) is 6.73 Å². The Hall–Kier alpha value is -3.15. The summed E-state index contributed by atoms with van der Waals surface area (Å²) in [6.45, 7) is 7.09. The Morgan fingerprint density at radius 1 is 0.969 bits per heavy atom. The smallest absolute Gasteiger partial charge is 0.339 e. The van der Waals surface area contributed by atoms with Crippen LogP contribution in [0.2, 0.25) is 0 Å². The summed E-state index contributed by atoms with van der Waals surface area (Å²) in [7, 11) is 0. The van der Waals surface area contributed by atoms with Crippen molar-refractivity contribution in [3.8, 4) is 11.4 Å². The van der Waals surface area contributed by atoms with E-state index in [1.165, 1.54) is 5.56 Å². The molecule has 0 atom stereocenters. The molecule has 0 bridgehead atoms. The molecule has 0 aliphatic rings. The maximum Gasteiger partial charge on any atom is 0.339 e. The van der Waals surface area contributed by atoms with Crippen molar-refractivity contribution in [3.63, 3.8) is 0 Å². The number of rotatable bonds is 5. The van der Waals surface area contributed by atoms with E-state index in [0.717, 1.165) is 28.0 Å². The molecule has 0 saturated heterocycles. The topological polar surface area (TPSA) is 70.1 Å². The number of carbonyl (C=O) groups excluding carboxylic acids is 1. The molecular weight excluding hydrogens is 422 g/mol. The number of nitrogens with two attached hydrogens (primary N) is 1. The molecule has 1 aromatic heterocycles. The highest BCUT2D eigenvalue weighted by Crippen LogP contribution is 2.28. The van der Waals surface area contributed by atoms with Crippen LogP contribution in [0.15, 0.2) is 72.8 Å². The Morgan fingerprint density at radius 3 is 2.25 bits per heavy atom. The summed E-state index contributed by atoms with van der Waals surface area (Å²) >= 11 is 0. The fourth-order valence-corrected chi connectivity index (χ4v) is 3.53. The van der Waals surface area contributed by atoms with Crippen LogP contribution in [-0.2, 0) is 23.4 Å². The van der Waals surface area contributed by atoms with E-state index in [1.807, 2.05) is 41.0 Å². The molecule has 6 heteroatoms. The molecule has 0 spiro atoms. The Morgan fingerprint density at radius 2 is 1.62 bits per heavy atom. The lowest BCUT2D eigenvalue weighted by Gasteiger charge is -2.19. The average molecular weight is 450 g/mol. The third-order valence-electron chi connectivity index (χ3n) is 5.41. The Kier molecular flexibility index (Phi) is 7.02. The predicted molar refractivity (Wildman–Crippen MR) is 131 cm³/mol. The number of fused-ring (bicyclic) bond motifs is 1. The summed E-state index contributed by atoms with van der Waals surface area (Å²) in [4.78, 5) is 17.4. The SMILES string of the molecule is CC(C)(C)c1ccc(-c2nc3ccccc3n2COC(=O)c2ccc(CN)cc2)cc1.Cl. The van der Waals surface area contributed by atoms with Gasteiger partial charge in [-0.2, -0.15) is 0 Å². The summed E-state index contributed by atoms with van der Waals surface area (Å²) in [5.41, 5.74) is 11.2. The third kappa shape index (κ3) is 4.85. The van der Waals surface area contributed by atoms with E-state index in [1.54, 1.807) is 12.1 Å². The first-order chi connectivity index (χ1) is 14.9. The minimum Gasteiger partial charge on any atom is -0.440 e. The standard InChI is InChI=1S/C26H27N3O2.ClH/c1-26(2,3)21-14-12-19(13-15-21)24-28-22-6-4-5-7-23(22)29(24)17-31-25(30)20-10-8-18(16-27)9-11-20;/h4-15H,16-17,27H2,1-3H3;1H. The average Bonchev–Trinajstić information content (AvgIpc) is 3.15. The number of benzene rings is 3. The second-order valence-electron chi connectivity index (χ2n) is 8.64. The number of aromatic nitrogens is 2. The van der Waals surface area contributed by atoms with E-state index < -0.39 is 0 Å². The van der Waals surface area contributed by atoms with Crippen LogP contribution in [0.3, 0.4) is 0 Å². The van der Waals surface area contributed by atoms with Crippen molar-refractivity contribution in [1.82, 2.24) is 9.55 Å². The normalized spacial score (nSPS) is 11.2. The van der Waals surface area contributed by atoms with Crippen molar-refractivity contribution in [3.05, 3.63) is 89.5 Å². The second-order valence-corrected chi connectivity index (χ2v) is 8.64. The van der Waals surface area contributed by atoms with Gasteiger partial charge in [0.2, 0.25) is 0 Å². The van der Waals surface area contributed by atoms with Gasteiger partial charge in [0.05, 0.1) is 16.6 Å². The van der Waals surface area contributed by atoms with Crippen molar-refractivity contribution >= 4 is 29.4 Å². The predicted octanol–water partition coefficient (Wildman–Crippen LogP) is 5.70. The second kappa shape index (κ2) is 9.55. The van der Waals surface area contributed by atoms with E-state index >= 15 is 0 Å². The van der Waals surface area contributed by atoms with Crippen molar-refractivity contribution in [1.29, 1.82) is 0 Å². The van der Waals surface area contributed by atoms with Crippen LogP contribution in [0.5, 0.6) is 0 Å². The van der Waals surface area contributed by atoms with Crippen LogP contribution in [0.4, 0.5) is 0 Å². The van der Waals surface area contributed by atoms with E-state index in [0.29, 0.717) is 12.1 Å². The Balaban J connectivity index is 0.00000289. The molecule has 0 amide bonds. The minimum atomic E-state index is -0.379. The van der Waals surface area contributed by atoms with Crippen LogP contribution in [0, 0.1) is 0 Å². The molecule has 4 aromatic rings. The number of para-hydroxylation sites is 2. The molecule has 4 rings (SSSR count). The summed E-state index contributed by atoms with van der Waals surface area (Å²) in [5, 5.41) is 0. The van der Waals surface area contributed by atoms with Crippen molar-refractivity contribution < 1.29 is 9.53 Å². The van der Waals surface area contributed by atoms with Gasteiger partial charge in [-0.1, -0.05) is 69.3 Å². The fraction of sp³-hybridized carbons (Fsp3) is 0.231. The largest absolute Gasteiger partial charge is 0.440 e. The van der Waals surface area contributed by atoms with Gasteiger partial charge >= 0.3 is 5.97 Å². The number of hydrogen-bond donors (Lipinski definition) is 1. The highest BCUT2D eigenvalue weighted by molar-refractivity contribution is 5.89. The lowest BCUT2D eigenvalue weighted by Crippen LogP contribution is -2.12. The number of imidazole rings is 1. The molecule has 2 N–H and O–H groups in total. The molecule has 3 aromatic carbocycles. The van der Waals surface area contributed by atoms with Crippen LogP contribution >= 0.6 is 12.4 Å². The maximum absolute atomic E-state index is 12.6. The van der Waals surface area contributed by atoms with Gasteiger partial charge in [-0.25, -0.2) is 9.78 Å². The van der Waals surface area contributed by atoms with Crippen LogP contribution in [0.1, 0.15) is 42.3 Å². The molecule has 32 heavy (non-hydrogen) atoms. The lowest BCUT2D eigenvalue weighted by molar-refractivity contribution is 0.0381. The van der Waals surface area contributed by atoms with Gasteiger partial charge in [0, 0.05) is 12.1 Å². The van der Waals surface area contributed by atoms with E-state index in [2.05, 4.69) is 45.0 Å². The summed E-state index contributed by atoms with van der Waals surface area (Å²) in [6, 6.07) is 23.4. The molecule has 0 radical (unpaired) electrons. The van der Waals surface area contributed by atoms with Gasteiger partial charge in [-0.05, 0) is 40.8 Å².